The molecule has 18 heteroatoms. The summed E-state index contributed by atoms with van der Waals surface area (Å²) in [5.41, 5.74) is -4.38. The van der Waals surface area contributed by atoms with Gasteiger partial charge in [0, 0.05) is 5.56 Å². The predicted molar refractivity (Wildman–Crippen MR) is 89.4 cm³/mol. The van der Waals surface area contributed by atoms with Gasteiger partial charge in [0.2, 0.25) is 0 Å². The van der Waals surface area contributed by atoms with Crippen LogP contribution in [0.1, 0.15) is 26.3 Å². The first kappa shape index (κ1) is 30.0. The van der Waals surface area contributed by atoms with Crippen LogP contribution in [-0.2, 0) is 20.1 Å². The van der Waals surface area contributed by atoms with Crippen molar-refractivity contribution in [1.82, 2.24) is 0 Å². The van der Waals surface area contributed by atoms with Gasteiger partial charge in [0.15, 0.2) is 0 Å². The zero-order chi connectivity index (χ0) is 27.1. The second kappa shape index (κ2) is 9.18. The lowest BCUT2D eigenvalue weighted by Crippen LogP contribution is -2.63. The van der Waals surface area contributed by atoms with E-state index in [9.17, 15) is 57.9 Å². The zero-order valence-corrected chi connectivity index (χ0v) is 17.7. The molecule has 0 aromatic heterocycles. The Kier molecular flexibility index (Phi) is 8.09. The summed E-state index contributed by atoms with van der Waals surface area (Å²) in [6.07, 6.45) is -7.12. The van der Waals surface area contributed by atoms with Crippen LogP contribution < -0.4 is 0 Å². The third-order valence-electron chi connectivity index (χ3n) is 3.93. The Bertz CT molecular complexity index is 948. The molecule has 0 N–H and O–H groups in total. The van der Waals surface area contributed by atoms with Gasteiger partial charge in [0.1, 0.15) is 0 Å². The third-order valence-corrected chi connectivity index (χ3v) is 4.59. The number of rotatable bonds is 9. The zero-order valence-electron chi connectivity index (χ0n) is 16.2. The summed E-state index contributed by atoms with van der Waals surface area (Å²) in [6.45, 7) is 0. The van der Waals surface area contributed by atoms with Crippen LogP contribution in [0.15, 0.2) is 18.2 Å². The Labute approximate surface area is 191 Å². The topological polar surface area (TPSA) is 61.8 Å². The van der Waals surface area contributed by atoms with Gasteiger partial charge >= 0.3 is 46.5 Å². The van der Waals surface area contributed by atoms with Crippen molar-refractivity contribution in [3.63, 3.8) is 0 Å². The standard InChI is InChI=1S/C16H9Cl2F11O5/c1-32-9(30)7-4-3-6(5-8(7)10(31)33-2)11(19,20)12(21,22)13(23,24)16(28,29)34-15(18,27)14(17,25)26/h3-5H,1-2H3. The first-order valence-corrected chi connectivity index (χ1v) is 8.74. The van der Waals surface area contributed by atoms with E-state index < -0.39 is 63.2 Å². The van der Waals surface area contributed by atoms with Gasteiger partial charge in [-0.2, -0.15) is 48.3 Å². The average molecular weight is 561 g/mol. The van der Waals surface area contributed by atoms with Crippen molar-refractivity contribution in [1.29, 1.82) is 0 Å². The molecule has 0 radical (unpaired) electrons. The highest BCUT2D eigenvalue weighted by atomic mass is 35.5. The van der Waals surface area contributed by atoms with Crippen LogP contribution in [0.4, 0.5) is 48.3 Å². The van der Waals surface area contributed by atoms with Crippen LogP contribution in [0.5, 0.6) is 0 Å². The van der Waals surface area contributed by atoms with Crippen LogP contribution in [0.2, 0.25) is 0 Å². The highest BCUT2D eigenvalue weighted by Gasteiger charge is 2.83. The number of halogens is 13. The van der Waals surface area contributed by atoms with Gasteiger partial charge in [-0.15, -0.1) is 0 Å². The van der Waals surface area contributed by atoms with Gasteiger partial charge in [-0.05, 0) is 35.3 Å². The molecule has 1 rings (SSSR count). The summed E-state index contributed by atoms with van der Waals surface area (Å²) in [5, 5.41) is -11.5. The van der Waals surface area contributed by atoms with Crippen molar-refractivity contribution < 1.29 is 72.1 Å². The van der Waals surface area contributed by atoms with Gasteiger partial charge < -0.3 is 9.47 Å². The van der Waals surface area contributed by atoms with Gasteiger partial charge in [-0.1, -0.05) is 6.07 Å². The minimum Gasteiger partial charge on any atom is -0.465 e. The second-order valence-corrected chi connectivity index (χ2v) is 7.06. The molecule has 0 aliphatic heterocycles. The number of ether oxygens (including phenoxy) is 3. The molecule has 0 fully saturated rings. The number of hydrogen-bond donors (Lipinski definition) is 0. The third kappa shape index (κ3) is 4.98. The smallest absolute Gasteiger partial charge is 0.429 e. The minimum absolute atomic E-state index is 0.143. The van der Waals surface area contributed by atoms with Gasteiger partial charge in [0.25, 0.3) is 0 Å². The van der Waals surface area contributed by atoms with E-state index in [2.05, 4.69) is 37.4 Å². The lowest BCUT2D eigenvalue weighted by atomic mass is 9.93. The maximum atomic E-state index is 14.4. The van der Waals surface area contributed by atoms with Gasteiger partial charge in [0.05, 0.1) is 25.3 Å². The number of esters is 2. The number of benzene rings is 1. The van der Waals surface area contributed by atoms with Gasteiger partial charge in [-0.3, -0.25) is 4.74 Å². The number of carbonyl (C=O) groups excluding carboxylic acids is 2. The van der Waals surface area contributed by atoms with Gasteiger partial charge in [-0.25, -0.2) is 9.59 Å². The molecule has 1 atom stereocenters. The molecule has 5 nitrogen and oxygen atoms in total. The van der Waals surface area contributed by atoms with Crippen LogP contribution in [0.3, 0.4) is 0 Å². The van der Waals surface area contributed by atoms with E-state index in [-0.39, 0.29) is 18.2 Å². The molecule has 34 heavy (non-hydrogen) atoms. The average Bonchev–Trinajstić information content (AvgIpc) is 2.69. The number of hydrogen-bond acceptors (Lipinski definition) is 5. The molecule has 1 aromatic carbocycles. The van der Waals surface area contributed by atoms with Crippen molar-refractivity contribution in [2.24, 2.45) is 0 Å². The minimum atomic E-state index is -7.44. The molecule has 0 saturated carbocycles. The van der Waals surface area contributed by atoms with Crippen LogP contribution in [0.25, 0.3) is 0 Å². The highest BCUT2D eigenvalue weighted by Crippen LogP contribution is 2.58. The van der Waals surface area contributed by atoms with E-state index in [4.69, 9.17) is 0 Å². The van der Waals surface area contributed by atoms with Crippen LogP contribution in [-0.4, -0.2) is 54.8 Å². The predicted octanol–water partition coefficient (Wildman–Crippen LogP) is 5.93. The monoisotopic (exact) mass is 560 g/mol. The van der Waals surface area contributed by atoms with Crippen LogP contribution >= 0.6 is 23.2 Å². The Balaban J connectivity index is 3.64. The molecule has 0 saturated heterocycles. The highest BCUT2D eigenvalue weighted by molar-refractivity contribution is 6.31. The van der Waals surface area contributed by atoms with Crippen LogP contribution in [0, 0.1) is 0 Å². The number of carbonyl (C=O) groups is 2. The molecule has 1 aromatic rings. The van der Waals surface area contributed by atoms with Crippen molar-refractivity contribution in [2.75, 3.05) is 14.2 Å². The molecule has 194 valence electrons. The molecule has 0 spiro atoms. The van der Waals surface area contributed by atoms with Crippen molar-refractivity contribution in [2.45, 2.75) is 34.6 Å². The molecular weight excluding hydrogens is 552 g/mol. The normalized spacial score (nSPS) is 15.5. The molecule has 0 bridgehead atoms. The van der Waals surface area contributed by atoms with E-state index in [1.165, 1.54) is 0 Å². The van der Waals surface area contributed by atoms with Crippen molar-refractivity contribution in [3.05, 3.63) is 34.9 Å². The largest absolute Gasteiger partial charge is 0.465 e. The van der Waals surface area contributed by atoms with E-state index in [1.807, 2.05) is 0 Å². The first-order valence-electron chi connectivity index (χ1n) is 7.99. The van der Waals surface area contributed by atoms with E-state index in [0.29, 0.717) is 7.11 Å². The summed E-state index contributed by atoms with van der Waals surface area (Å²) in [5.74, 6) is -24.1. The first-order chi connectivity index (χ1) is 15.0. The maximum absolute atomic E-state index is 14.4. The lowest BCUT2D eigenvalue weighted by molar-refractivity contribution is -0.457. The lowest BCUT2D eigenvalue weighted by Gasteiger charge is -2.38. The van der Waals surface area contributed by atoms with E-state index in [1.54, 1.807) is 0 Å². The van der Waals surface area contributed by atoms with E-state index >= 15 is 0 Å². The quantitative estimate of drug-likeness (QED) is 0.213. The fraction of sp³-hybridized carbons (Fsp3) is 0.500. The molecule has 1 unspecified atom stereocenters. The molecule has 0 aliphatic carbocycles. The molecule has 0 heterocycles. The fourth-order valence-electron chi connectivity index (χ4n) is 2.15. The molecule has 0 aliphatic rings. The molecule has 0 amide bonds. The molecular formula is C16H9Cl2F11O5. The Hall–Kier alpha value is -2.07. The Morgan fingerprint density at radius 1 is 0.735 bits per heavy atom. The number of methoxy groups -OCH3 is 2. The summed E-state index contributed by atoms with van der Waals surface area (Å²) in [6, 6.07) is -0.214. The maximum Gasteiger partial charge on any atom is 0.429 e. The summed E-state index contributed by atoms with van der Waals surface area (Å²) in [4.78, 5) is 23.3. The summed E-state index contributed by atoms with van der Waals surface area (Å²) >= 11 is 8.04. The fourth-order valence-corrected chi connectivity index (χ4v) is 2.29. The Morgan fingerprint density at radius 2 is 1.18 bits per heavy atom. The second-order valence-electron chi connectivity index (χ2n) is 6.10. The van der Waals surface area contributed by atoms with Crippen molar-refractivity contribution in [3.8, 4) is 0 Å². The Morgan fingerprint density at radius 3 is 1.59 bits per heavy atom. The van der Waals surface area contributed by atoms with E-state index in [0.717, 1.165) is 7.11 Å². The number of alkyl halides is 13. The van der Waals surface area contributed by atoms with Crippen molar-refractivity contribution >= 4 is 35.1 Å². The summed E-state index contributed by atoms with van der Waals surface area (Å²) < 4.78 is 161. The summed E-state index contributed by atoms with van der Waals surface area (Å²) in [7, 11) is 1.38. The SMILES string of the molecule is COC(=O)c1ccc(C(F)(F)C(F)(F)C(F)(F)C(F)(F)OC(F)(Cl)C(F)(F)Cl)cc1C(=O)OC.